The number of unbranched alkanes of at least 4 members (excludes halogenated alkanes) is 13. The maximum atomic E-state index is 13.5. The Labute approximate surface area is 283 Å². The summed E-state index contributed by atoms with van der Waals surface area (Å²) in [5.41, 5.74) is 2.17. The van der Waals surface area contributed by atoms with E-state index in [4.69, 9.17) is 9.47 Å². The molecule has 0 saturated heterocycles. The van der Waals surface area contributed by atoms with E-state index in [2.05, 4.69) is 35.9 Å². The molecule has 1 aromatic heterocycles. The zero-order chi connectivity index (χ0) is 34.6. The van der Waals surface area contributed by atoms with E-state index in [-0.39, 0.29) is 23.3 Å². The van der Waals surface area contributed by atoms with E-state index in [1.165, 1.54) is 100 Å². The molecule has 48 heavy (non-hydrogen) atoms. The fourth-order valence-electron chi connectivity index (χ4n) is 5.46. The highest BCUT2D eigenvalue weighted by Crippen LogP contribution is 2.28. The zero-order valence-electron chi connectivity index (χ0n) is 28.5. The Balaban J connectivity index is 1.44. The highest BCUT2D eigenvalue weighted by atomic mass is 19.4. The number of hydrogen-bond donors (Lipinski definition) is 0. The van der Waals surface area contributed by atoms with E-state index in [9.17, 15) is 22.8 Å². The lowest BCUT2D eigenvalue weighted by atomic mass is 10.0. The Morgan fingerprint density at radius 3 is 1.71 bits per heavy atom. The number of ether oxygens (including phenoxy) is 2. The lowest BCUT2D eigenvalue weighted by Crippen LogP contribution is -2.33. The molecule has 0 aliphatic rings. The van der Waals surface area contributed by atoms with Crippen LogP contribution in [0.3, 0.4) is 0 Å². The molecule has 1 atom stereocenters. The number of carbonyl (C=O) groups excluding carboxylic acids is 2. The van der Waals surface area contributed by atoms with Gasteiger partial charge in [0.1, 0.15) is 5.75 Å². The van der Waals surface area contributed by atoms with Crippen LogP contribution in [0.5, 0.6) is 5.75 Å². The van der Waals surface area contributed by atoms with Gasteiger partial charge >= 0.3 is 18.1 Å². The zero-order valence-corrected chi connectivity index (χ0v) is 28.5. The number of alkyl halides is 3. The first-order chi connectivity index (χ1) is 23.2. The minimum atomic E-state index is -4.65. The average Bonchev–Trinajstić information content (AvgIpc) is 3.08. The van der Waals surface area contributed by atoms with Gasteiger partial charge in [-0.25, -0.2) is 19.6 Å². The molecule has 262 valence electrons. The van der Waals surface area contributed by atoms with Gasteiger partial charge in [0, 0.05) is 18.0 Å². The van der Waals surface area contributed by atoms with Crippen LogP contribution in [-0.4, -0.2) is 34.2 Å². The molecule has 0 fully saturated rings. The topological polar surface area (TPSA) is 78.4 Å². The van der Waals surface area contributed by atoms with Crippen molar-refractivity contribution in [2.24, 2.45) is 0 Å². The van der Waals surface area contributed by atoms with Crippen molar-refractivity contribution in [3.8, 4) is 17.1 Å². The normalized spacial score (nSPS) is 12.1. The summed E-state index contributed by atoms with van der Waals surface area (Å²) in [6, 6.07) is 13.3. The molecule has 1 heterocycles. The van der Waals surface area contributed by atoms with Gasteiger partial charge in [0.2, 0.25) is 0 Å². The highest BCUT2D eigenvalue weighted by molar-refractivity contribution is 5.91. The summed E-state index contributed by atoms with van der Waals surface area (Å²) in [6.45, 7) is 4.31. The molecule has 0 bridgehead atoms. The Morgan fingerprint density at radius 2 is 1.17 bits per heavy atom. The molecule has 0 spiro atoms. The second-order valence-corrected chi connectivity index (χ2v) is 12.5. The molecule has 6 nitrogen and oxygen atoms in total. The Kier molecular flexibility index (Phi) is 17.1. The van der Waals surface area contributed by atoms with Gasteiger partial charge in [-0.05, 0) is 55.5 Å². The second kappa shape index (κ2) is 21.3. The monoisotopic (exact) mass is 668 g/mol. The first-order valence-corrected chi connectivity index (χ1v) is 17.7. The number of aromatic nitrogens is 2. The van der Waals surface area contributed by atoms with Crippen molar-refractivity contribution in [3.05, 3.63) is 77.6 Å². The molecule has 9 heteroatoms. The van der Waals surface area contributed by atoms with Crippen LogP contribution in [0, 0.1) is 0 Å². The van der Waals surface area contributed by atoms with Crippen LogP contribution in [0.15, 0.2) is 60.9 Å². The van der Waals surface area contributed by atoms with Crippen LogP contribution < -0.4 is 4.74 Å². The minimum Gasteiger partial charge on any atom is -0.449 e. The first-order valence-electron chi connectivity index (χ1n) is 17.7. The van der Waals surface area contributed by atoms with Crippen molar-refractivity contribution in [2.45, 2.75) is 135 Å². The second-order valence-electron chi connectivity index (χ2n) is 12.5. The Bertz CT molecular complexity index is 1340. The van der Waals surface area contributed by atoms with E-state index >= 15 is 0 Å². The molecular formula is C39H51F3N2O4. The average molecular weight is 669 g/mol. The third kappa shape index (κ3) is 14.2. The summed E-state index contributed by atoms with van der Waals surface area (Å²) >= 11 is 0. The standard InChI is InChI=1S/C39H51F3N2O4/c1-3-5-7-9-11-12-13-14-16-18-30-20-22-31(23-21-30)36-43-28-33(29-44-36)38(46)47-34-26-24-32(25-27-34)37(45)48-35(39(40,41)42)19-17-15-10-8-6-4-2/h20-29,35H,3-19H2,1-2H3. The van der Waals surface area contributed by atoms with Gasteiger partial charge in [-0.15, -0.1) is 0 Å². The molecule has 0 amide bonds. The number of esters is 2. The van der Waals surface area contributed by atoms with Crippen molar-refractivity contribution >= 4 is 11.9 Å². The molecule has 2 aromatic carbocycles. The van der Waals surface area contributed by atoms with Crippen molar-refractivity contribution < 1.29 is 32.2 Å². The molecule has 1 unspecified atom stereocenters. The first kappa shape index (κ1) is 38.7. The largest absolute Gasteiger partial charge is 0.449 e. The number of nitrogens with zero attached hydrogens (tertiary/aromatic N) is 2. The lowest BCUT2D eigenvalue weighted by Gasteiger charge is -2.20. The van der Waals surface area contributed by atoms with Crippen LogP contribution in [0.1, 0.15) is 143 Å². The van der Waals surface area contributed by atoms with Gasteiger partial charge in [-0.3, -0.25) is 0 Å². The van der Waals surface area contributed by atoms with E-state index in [0.717, 1.165) is 37.7 Å². The van der Waals surface area contributed by atoms with Crippen LogP contribution in [0.4, 0.5) is 13.2 Å². The quantitative estimate of drug-likeness (QED) is 0.0602. The van der Waals surface area contributed by atoms with Crippen molar-refractivity contribution in [2.75, 3.05) is 0 Å². The number of halogens is 3. The fraction of sp³-hybridized carbons (Fsp3) is 0.538. The molecular weight excluding hydrogens is 617 g/mol. The number of aryl methyl sites for hydroxylation is 1. The van der Waals surface area contributed by atoms with Crippen LogP contribution in [0.25, 0.3) is 11.4 Å². The third-order valence-electron chi connectivity index (χ3n) is 8.40. The summed E-state index contributed by atoms with van der Waals surface area (Å²) in [5, 5.41) is 0. The van der Waals surface area contributed by atoms with Gasteiger partial charge < -0.3 is 9.47 Å². The maximum Gasteiger partial charge on any atom is 0.425 e. The van der Waals surface area contributed by atoms with E-state index < -0.39 is 24.2 Å². The smallest absolute Gasteiger partial charge is 0.425 e. The number of rotatable bonds is 22. The summed E-state index contributed by atoms with van der Waals surface area (Å²) in [5.74, 6) is -1.19. The molecule has 0 aliphatic carbocycles. The van der Waals surface area contributed by atoms with Crippen LogP contribution in [-0.2, 0) is 11.2 Å². The van der Waals surface area contributed by atoms with Gasteiger partial charge in [-0.2, -0.15) is 13.2 Å². The summed E-state index contributed by atoms with van der Waals surface area (Å²) in [4.78, 5) is 33.8. The molecule has 0 aliphatic heterocycles. The summed E-state index contributed by atoms with van der Waals surface area (Å²) in [6.07, 6.45) is 13.3. The molecule has 3 aromatic rings. The molecule has 0 N–H and O–H groups in total. The fourth-order valence-corrected chi connectivity index (χ4v) is 5.46. The van der Waals surface area contributed by atoms with Crippen molar-refractivity contribution in [3.63, 3.8) is 0 Å². The minimum absolute atomic E-state index is 0.0705. The molecule has 0 saturated carbocycles. The predicted molar refractivity (Wildman–Crippen MR) is 183 cm³/mol. The predicted octanol–water partition coefficient (Wildman–Crippen LogP) is 11.3. The van der Waals surface area contributed by atoms with E-state index in [1.54, 1.807) is 0 Å². The van der Waals surface area contributed by atoms with Gasteiger partial charge in [0.05, 0.1) is 11.1 Å². The number of benzene rings is 2. The lowest BCUT2D eigenvalue weighted by molar-refractivity contribution is -0.206. The summed E-state index contributed by atoms with van der Waals surface area (Å²) in [7, 11) is 0. The van der Waals surface area contributed by atoms with Gasteiger partial charge in [-0.1, -0.05) is 122 Å². The third-order valence-corrected chi connectivity index (χ3v) is 8.40. The van der Waals surface area contributed by atoms with Crippen molar-refractivity contribution in [1.29, 1.82) is 0 Å². The maximum absolute atomic E-state index is 13.5. The van der Waals surface area contributed by atoms with Crippen molar-refractivity contribution in [1.82, 2.24) is 9.97 Å². The summed E-state index contributed by atoms with van der Waals surface area (Å²) < 4.78 is 50.7. The van der Waals surface area contributed by atoms with Gasteiger partial charge in [0.25, 0.3) is 0 Å². The highest BCUT2D eigenvalue weighted by Gasteiger charge is 2.42. The number of hydrogen-bond acceptors (Lipinski definition) is 6. The van der Waals surface area contributed by atoms with Gasteiger partial charge in [0.15, 0.2) is 11.9 Å². The molecule has 0 radical (unpaired) electrons. The van der Waals surface area contributed by atoms with E-state index in [1.807, 2.05) is 12.1 Å². The SMILES string of the molecule is CCCCCCCCCCCc1ccc(-c2ncc(C(=O)Oc3ccc(C(=O)OC(CCCCCCCC)C(F)(F)F)cc3)cn2)cc1. The molecule has 3 rings (SSSR count). The van der Waals surface area contributed by atoms with Crippen LogP contribution in [0.2, 0.25) is 0 Å². The Morgan fingerprint density at radius 1 is 0.646 bits per heavy atom. The van der Waals surface area contributed by atoms with E-state index in [0.29, 0.717) is 18.7 Å². The number of carbonyl (C=O) groups is 2. The van der Waals surface area contributed by atoms with Crippen LogP contribution >= 0.6 is 0 Å². The Hall–Kier alpha value is -3.75.